The Bertz CT molecular complexity index is 480. The van der Waals surface area contributed by atoms with E-state index in [0.29, 0.717) is 24.2 Å². The molecule has 21 heavy (non-hydrogen) atoms. The average Bonchev–Trinajstić information content (AvgIpc) is 2.91. The van der Waals surface area contributed by atoms with E-state index in [-0.39, 0.29) is 5.41 Å². The summed E-state index contributed by atoms with van der Waals surface area (Å²) in [4.78, 5) is 11.8. The Morgan fingerprint density at radius 1 is 1.29 bits per heavy atom. The third-order valence-corrected chi connectivity index (χ3v) is 7.48. The number of hydrogen-bond donors (Lipinski definition) is 1. The van der Waals surface area contributed by atoms with Gasteiger partial charge in [0.15, 0.2) is 5.78 Å². The Morgan fingerprint density at radius 2 is 2.14 bits per heavy atom. The molecule has 0 saturated heterocycles. The molecule has 0 bridgehead atoms. The molecule has 0 heterocycles. The van der Waals surface area contributed by atoms with Gasteiger partial charge in [-0.1, -0.05) is 18.9 Å². The minimum Gasteiger partial charge on any atom is -0.396 e. The Morgan fingerprint density at radius 3 is 2.95 bits per heavy atom. The molecule has 0 spiro atoms. The zero-order valence-corrected chi connectivity index (χ0v) is 13.2. The van der Waals surface area contributed by atoms with Gasteiger partial charge in [-0.25, -0.2) is 0 Å². The van der Waals surface area contributed by atoms with Crippen molar-refractivity contribution in [2.45, 2.75) is 58.3 Å². The minimum absolute atomic E-state index is 0.251. The number of rotatable bonds is 1. The topological polar surface area (TPSA) is 37.3 Å². The van der Waals surface area contributed by atoms with Gasteiger partial charge in [-0.3, -0.25) is 4.79 Å². The van der Waals surface area contributed by atoms with Crippen molar-refractivity contribution in [3.05, 3.63) is 11.6 Å². The molecule has 3 fully saturated rings. The van der Waals surface area contributed by atoms with Crippen molar-refractivity contribution in [2.75, 3.05) is 6.61 Å². The molecule has 116 valence electrons. The first-order chi connectivity index (χ1) is 10.1. The van der Waals surface area contributed by atoms with Gasteiger partial charge in [-0.2, -0.15) is 0 Å². The van der Waals surface area contributed by atoms with E-state index in [4.69, 9.17) is 0 Å². The fraction of sp³-hybridized carbons (Fsp3) is 0.842. The second kappa shape index (κ2) is 4.94. The van der Waals surface area contributed by atoms with Crippen molar-refractivity contribution < 1.29 is 9.90 Å². The highest BCUT2D eigenvalue weighted by Gasteiger charge is 2.55. The molecule has 0 aromatic heterocycles. The van der Waals surface area contributed by atoms with E-state index in [9.17, 15) is 9.90 Å². The normalized spacial score (nSPS) is 49.1. The van der Waals surface area contributed by atoms with Gasteiger partial charge in [0.05, 0.1) is 0 Å². The van der Waals surface area contributed by atoms with Crippen LogP contribution in [0.15, 0.2) is 11.6 Å². The highest BCUT2D eigenvalue weighted by molar-refractivity contribution is 5.91. The lowest BCUT2D eigenvalue weighted by Crippen LogP contribution is -2.49. The van der Waals surface area contributed by atoms with Crippen LogP contribution in [-0.4, -0.2) is 17.5 Å². The Balaban J connectivity index is 1.68. The molecular formula is C19H28O2. The van der Waals surface area contributed by atoms with Crippen molar-refractivity contribution in [1.29, 1.82) is 0 Å². The maximum absolute atomic E-state index is 11.8. The molecule has 0 aromatic rings. The summed E-state index contributed by atoms with van der Waals surface area (Å²) in [5, 5.41) is 10.0. The number of ketones is 1. The quantitative estimate of drug-likeness (QED) is 0.798. The van der Waals surface area contributed by atoms with E-state index in [2.05, 4.69) is 6.92 Å². The van der Waals surface area contributed by atoms with E-state index < -0.39 is 0 Å². The van der Waals surface area contributed by atoms with E-state index in [1.807, 2.05) is 6.08 Å². The van der Waals surface area contributed by atoms with Gasteiger partial charge in [-0.05, 0) is 79.6 Å². The van der Waals surface area contributed by atoms with E-state index in [1.54, 1.807) is 0 Å². The van der Waals surface area contributed by atoms with Gasteiger partial charge < -0.3 is 5.11 Å². The van der Waals surface area contributed by atoms with Gasteiger partial charge in [-0.15, -0.1) is 0 Å². The first-order valence-corrected chi connectivity index (χ1v) is 8.99. The molecule has 1 N–H and O–H groups in total. The third kappa shape index (κ3) is 1.98. The number of fused-ring (bicyclic) bond motifs is 5. The van der Waals surface area contributed by atoms with Crippen LogP contribution in [0.25, 0.3) is 0 Å². The van der Waals surface area contributed by atoms with Crippen LogP contribution in [0.5, 0.6) is 0 Å². The predicted molar refractivity (Wildman–Crippen MR) is 82.7 cm³/mol. The van der Waals surface area contributed by atoms with Crippen LogP contribution in [0.3, 0.4) is 0 Å². The van der Waals surface area contributed by atoms with Crippen LogP contribution in [-0.2, 0) is 4.79 Å². The molecule has 0 aliphatic heterocycles. The zero-order chi connectivity index (χ0) is 14.6. The standard InChI is InChI=1S/C19H28O2/c1-12-9-13-10-14(21)4-5-15(13)16-6-8-19(11-20)7-2-3-17(19)18(12)16/h10,12,15-18,20H,2-9,11H2,1H3/t12-,15+,16-,17+,18-,19+/m1/s1. The Kier molecular flexibility index (Phi) is 3.29. The molecule has 0 amide bonds. The van der Waals surface area contributed by atoms with Crippen molar-refractivity contribution in [1.82, 2.24) is 0 Å². The van der Waals surface area contributed by atoms with E-state index >= 15 is 0 Å². The SMILES string of the molecule is C[C@@H]1CC2=CC(=O)CC[C@@H]2[C@H]2CC[C@]3(CO)CCC[C@H]3[C@@H]21. The van der Waals surface area contributed by atoms with Crippen molar-refractivity contribution in [3.8, 4) is 0 Å². The minimum atomic E-state index is 0.251. The molecule has 4 aliphatic rings. The summed E-state index contributed by atoms with van der Waals surface area (Å²) in [5.41, 5.74) is 1.72. The summed E-state index contributed by atoms with van der Waals surface area (Å²) >= 11 is 0. The van der Waals surface area contributed by atoms with Crippen molar-refractivity contribution in [2.24, 2.45) is 35.0 Å². The summed E-state index contributed by atoms with van der Waals surface area (Å²) in [6, 6.07) is 0. The molecule has 4 rings (SSSR count). The molecule has 2 heteroatoms. The molecule has 3 saturated carbocycles. The van der Waals surface area contributed by atoms with Crippen molar-refractivity contribution >= 4 is 5.78 Å². The molecule has 0 unspecified atom stereocenters. The average molecular weight is 288 g/mol. The molecular weight excluding hydrogens is 260 g/mol. The largest absolute Gasteiger partial charge is 0.396 e. The number of carbonyl (C=O) groups is 1. The fourth-order valence-corrected chi connectivity index (χ4v) is 6.66. The maximum atomic E-state index is 11.8. The lowest BCUT2D eigenvalue weighted by Gasteiger charge is -2.55. The van der Waals surface area contributed by atoms with Gasteiger partial charge >= 0.3 is 0 Å². The zero-order valence-electron chi connectivity index (χ0n) is 13.2. The highest BCUT2D eigenvalue weighted by Crippen LogP contribution is 2.62. The number of hydrogen-bond acceptors (Lipinski definition) is 2. The van der Waals surface area contributed by atoms with Crippen LogP contribution in [0, 0.1) is 35.0 Å². The Hall–Kier alpha value is -0.630. The molecule has 0 aromatic carbocycles. The summed E-state index contributed by atoms with van der Waals surface area (Å²) in [7, 11) is 0. The first-order valence-electron chi connectivity index (χ1n) is 8.99. The second-order valence-electron chi connectivity index (χ2n) is 8.31. The smallest absolute Gasteiger partial charge is 0.155 e. The van der Waals surface area contributed by atoms with Crippen LogP contribution < -0.4 is 0 Å². The van der Waals surface area contributed by atoms with Gasteiger partial charge in [0.25, 0.3) is 0 Å². The molecule has 0 radical (unpaired) electrons. The van der Waals surface area contributed by atoms with Gasteiger partial charge in [0.2, 0.25) is 0 Å². The Labute approximate surface area is 128 Å². The van der Waals surface area contributed by atoms with E-state index in [0.717, 1.165) is 37.0 Å². The summed E-state index contributed by atoms with van der Waals surface area (Å²) in [6.07, 6.45) is 11.4. The van der Waals surface area contributed by atoms with Crippen LogP contribution >= 0.6 is 0 Å². The van der Waals surface area contributed by atoms with Crippen molar-refractivity contribution in [3.63, 3.8) is 0 Å². The maximum Gasteiger partial charge on any atom is 0.155 e. The highest BCUT2D eigenvalue weighted by atomic mass is 16.3. The van der Waals surface area contributed by atoms with E-state index in [1.165, 1.54) is 37.7 Å². The summed E-state index contributed by atoms with van der Waals surface area (Å²) < 4.78 is 0. The lowest BCUT2D eigenvalue weighted by molar-refractivity contribution is -0.116. The monoisotopic (exact) mass is 288 g/mol. The summed E-state index contributed by atoms with van der Waals surface area (Å²) in [5.74, 6) is 4.06. The lowest BCUT2D eigenvalue weighted by atomic mass is 9.49. The van der Waals surface area contributed by atoms with Crippen LogP contribution in [0.2, 0.25) is 0 Å². The predicted octanol–water partition coefficient (Wildman–Crippen LogP) is 3.74. The second-order valence-corrected chi connectivity index (χ2v) is 8.31. The third-order valence-electron chi connectivity index (χ3n) is 7.48. The summed E-state index contributed by atoms with van der Waals surface area (Å²) in [6.45, 7) is 2.80. The van der Waals surface area contributed by atoms with Gasteiger partial charge in [0, 0.05) is 13.0 Å². The molecule has 6 atom stereocenters. The van der Waals surface area contributed by atoms with Gasteiger partial charge in [0.1, 0.15) is 0 Å². The first kappa shape index (κ1) is 14.0. The van der Waals surface area contributed by atoms with Crippen LogP contribution in [0.1, 0.15) is 58.3 Å². The number of allylic oxidation sites excluding steroid dienone is 1. The van der Waals surface area contributed by atoms with Crippen LogP contribution in [0.4, 0.5) is 0 Å². The number of aliphatic hydroxyl groups is 1. The number of aliphatic hydroxyl groups excluding tert-OH is 1. The molecule has 4 aliphatic carbocycles. The molecule has 2 nitrogen and oxygen atoms in total. The number of carbonyl (C=O) groups excluding carboxylic acids is 1. The fourth-order valence-electron chi connectivity index (χ4n) is 6.66.